The largest absolute Gasteiger partial charge is 0.311 e. The Labute approximate surface area is 669 Å². The summed E-state index contributed by atoms with van der Waals surface area (Å²) in [6.07, 6.45) is 0. The Kier molecular flexibility index (Phi) is 6.03. The average Bonchev–Trinajstić information content (AvgIpc) is 1.60. The normalized spacial score (nSPS) is 20.6. The molecule has 0 unspecified atom stereocenters. The summed E-state index contributed by atoms with van der Waals surface area (Å²) < 4.78 is 539. The highest BCUT2D eigenvalue weighted by Gasteiger charge is 2.48. The molecule has 0 atom stereocenters. The molecule has 100 heavy (non-hydrogen) atoms. The second-order valence-corrected chi connectivity index (χ2v) is 24.3. The molecular formula is C91H61B2N5S2. The standard InChI is InChI=1S/C91H61B2N5S2/c1-60-45-49-70(50-46-60)95(67-35-17-6-18-36-67)72-56-84-88-86(58-72)100-91-78(93(88)76-42-24-26-44-80(76)97(84)69-39-21-8-22-40-69)59-77-90(89(91)98-81-53-63(61-27-9-2-10-28-61)47-51-73(81)74-52-48-64(54-82(74)98)62-29-11-3-12-30-62)99-85-57-71(94(65-31-13-4-14-32-65)66-33-15-5-16-34-66)55-83-87(85)92(77)75-41-23-25-43-79(75)96(83)68-37-19-7-20-38-68/h2-59H,1H3/i2D,3D,4D,5D,6D,7D,8D,9D,10D,11D,12D,13D,14D,15D,16D,17D,18D,19D,20D,21D,22D,23D,24D,25D,26D,27D,28D,29D,30D,31D,32D,33D,34D,35D,36D,37D,38D,39D,40D,41D,42D,43D,44D,45D,46D,47D,48D,49D,50D,51D,52D,53D,54D,56D,59D. The topological polar surface area (TPSA) is 17.9 Å². The van der Waals surface area contributed by atoms with Crippen molar-refractivity contribution in [3.05, 3.63) is 356 Å². The molecule has 468 valence electrons. The highest BCUT2D eigenvalue weighted by molar-refractivity contribution is 8.01. The predicted octanol–water partition coefficient (Wildman–Crippen LogP) is 20.9. The van der Waals surface area contributed by atoms with Gasteiger partial charge in [-0.1, -0.05) is 270 Å². The molecule has 0 bridgehead atoms. The summed E-state index contributed by atoms with van der Waals surface area (Å²) in [5.41, 5.74) is -25.1. The van der Waals surface area contributed by atoms with Gasteiger partial charge in [0.1, 0.15) is 0 Å². The lowest BCUT2D eigenvalue weighted by molar-refractivity contribution is 1.08. The first-order chi connectivity index (χ1) is 72.4. The van der Waals surface area contributed by atoms with E-state index in [1.807, 2.05) is 0 Å². The van der Waals surface area contributed by atoms with Gasteiger partial charge < -0.3 is 24.2 Å². The van der Waals surface area contributed by atoms with Gasteiger partial charge in [0.25, 0.3) is 0 Å². The number of hydrogen-bond acceptors (Lipinski definition) is 6. The number of aromatic nitrogens is 1. The van der Waals surface area contributed by atoms with Gasteiger partial charge in [-0.2, -0.15) is 0 Å². The van der Waals surface area contributed by atoms with E-state index >= 15 is 0 Å². The molecule has 0 amide bonds. The molecule has 0 saturated heterocycles. The molecule has 4 aliphatic heterocycles. The molecule has 0 spiro atoms. The second-order valence-electron chi connectivity index (χ2n) is 22.2. The van der Waals surface area contributed by atoms with Crippen LogP contribution in [0.4, 0.5) is 68.2 Å². The Morgan fingerprint density at radius 2 is 0.700 bits per heavy atom. The summed E-state index contributed by atoms with van der Waals surface area (Å²) in [4.78, 5) is -0.586. The number of benzene rings is 15. The van der Waals surface area contributed by atoms with Gasteiger partial charge in [0, 0.05) is 98.6 Å². The Hall–Kier alpha value is -11.9. The second kappa shape index (κ2) is 23.7. The lowest BCUT2D eigenvalue weighted by Gasteiger charge is -2.44. The Morgan fingerprint density at radius 3 is 1.18 bits per heavy atom. The maximum atomic E-state index is 12.1. The van der Waals surface area contributed by atoms with Gasteiger partial charge in [0.05, 0.1) is 92.1 Å². The zero-order valence-electron chi connectivity index (χ0n) is 105. The summed E-state index contributed by atoms with van der Waals surface area (Å²) in [7, 11) is 0. The summed E-state index contributed by atoms with van der Waals surface area (Å²) in [5.74, 6) is 0. The summed E-state index contributed by atoms with van der Waals surface area (Å²) >= 11 is 0.451. The van der Waals surface area contributed by atoms with Crippen LogP contribution in [0.3, 0.4) is 0 Å². The van der Waals surface area contributed by atoms with E-state index in [2.05, 4.69) is 0 Å². The number of fused-ring (bicyclic) bond motifs is 11. The van der Waals surface area contributed by atoms with Gasteiger partial charge in [-0.3, -0.25) is 0 Å². The smallest absolute Gasteiger partial charge is 0.249 e. The monoisotopic (exact) mass is 1360 g/mol. The van der Waals surface area contributed by atoms with Crippen LogP contribution in [0.2, 0.25) is 0 Å². The maximum Gasteiger partial charge on any atom is 0.249 e. The third-order valence-corrected chi connectivity index (χ3v) is 19.2. The Balaban J connectivity index is 1.12. The number of rotatable bonds is 11. The molecule has 0 radical (unpaired) electrons. The molecule has 0 fully saturated rings. The summed E-state index contributed by atoms with van der Waals surface area (Å²) in [5, 5.41) is -1.95. The van der Waals surface area contributed by atoms with Gasteiger partial charge in [-0.15, -0.1) is 0 Å². The molecule has 0 N–H and O–H groups in total. The molecule has 1 aromatic heterocycles. The third-order valence-electron chi connectivity index (χ3n) is 16.8. The van der Waals surface area contributed by atoms with Crippen molar-refractivity contribution in [2.24, 2.45) is 0 Å². The fourth-order valence-electron chi connectivity index (χ4n) is 12.9. The van der Waals surface area contributed by atoms with E-state index in [1.165, 1.54) is 0 Å². The van der Waals surface area contributed by atoms with Crippen LogP contribution in [0.5, 0.6) is 0 Å². The fraction of sp³-hybridized carbons (Fsp3) is 0.0110. The third kappa shape index (κ3) is 9.37. The van der Waals surface area contributed by atoms with Crippen molar-refractivity contribution in [1.29, 1.82) is 0 Å². The van der Waals surface area contributed by atoms with Crippen LogP contribution in [-0.4, -0.2) is 18.0 Å². The van der Waals surface area contributed by atoms with Crippen LogP contribution in [0, 0.1) is 6.92 Å². The van der Waals surface area contributed by atoms with E-state index in [1.54, 1.807) is 0 Å². The minimum Gasteiger partial charge on any atom is -0.311 e. The highest BCUT2D eigenvalue weighted by atomic mass is 32.2. The van der Waals surface area contributed by atoms with Crippen molar-refractivity contribution in [2.45, 2.75) is 26.5 Å². The van der Waals surface area contributed by atoms with E-state index in [-0.39, 0.29) is 23.5 Å². The lowest BCUT2D eigenvalue weighted by Crippen LogP contribution is -2.64. The van der Waals surface area contributed by atoms with Crippen LogP contribution in [0.25, 0.3) is 49.7 Å². The van der Waals surface area contributed by atoms with E-state index < -0.39 is 522 Å². The van der Waals surface area contributed by atoms with Gasteiger partial charge in [0.2, 0.25) is 13.4 Å². The maximum absolute atomic E-state index is 12.1. The van der Waals surface area contributed by atoms with Crippen LogP contribution < -0.4 is 52.4 Å². The zero-order valence-corrected chi connectivity index (χ0v) is 52.1. The first kappa shape index (κ1) is 25.5. The zero-order chi connectivity index (χ0) is 114. The first-order valence-electron chi connectivity index (χ1n) is 57.4. The molecule has 16 aromatic rings. The van der Waals surface area contributed by atoms with E-state index in [0.29, 0.717) is 19.6 Å². The molecule has 0 saturated carbocycles. The lowest BCUT2D eigenvalue weighted by atomic mass is 9.31. The number of para-hydroxylation sites is 7. The van der Waals surface area contributed by atoms with E-state index in [4.69, 9.17) is 15.1 Å². The number of anilines is 12. The molecule has 5 heterocycles. The minimum atomic E-state index is -2.55. The van der Waals surface area contributed by atoms with E-state index in [0.717, 1.165) is 29.7 Å². The predicted molar refractivity (Wildman–Crippen MR) is 426 cm³/mol. The van der Waals surface area contributed by atoms with Crippen molar-refractivity contribution < 1.29 is 75.4 Å². The van der Waals surface area contributed by atoms with Gasteiger partial charge >= 0.3 is 0 Å². The molecule has 15 aromatic carbocycles. The highest BCUT2D eigenvalue weighted by Crippen LogP contribution is 2.53. The SMILES string of the molecule is [2H]c1c([2H])c([2H])c(-c2c([2H])c([2H])c3c4c([2H])c([2H])c(-c5c([2H])c([2H])c([2H])c([2H])c5[2H])c([2H])c4n(-c4c5c(c([2H])c6c4Sc4cc(N(c7c([2H])c([2H])c([2H])c([2H])c7[2H])c7c([2H])c([2H])c(C)c([2H])c7[2H])c([2H])c7c4B6c4c([2H])c([2H])c([2H])c([2H])c4N7c4c([2H])c([2H])c([2H])c([2H])c4[2H])B4c6c(cc(N(c7c([2H])c([2H])c([2H])c([2H])c7[2H])c7c([2H])c([2H])c([2H])c([2H])c7[2H])cc6N(c6c([2H])c([2H])c([2H])c([2H])c6[2H])c6c([2H])c([2H])c([2H])c([2H])c64)S5)c3c2[2H])c([2H])c1[2H]. The summed E-state index contributed by atoms with van der Waals surface area (Å²) in [6, 6.07) is -63.4. The molecule has 20 rings (SSSR count). The Bertz CT molecular complexity index is 8910. The molecule has 4 aliphatic rings. The van der Waals surface area contributed by atoms with Crippen molar-refractivity contribution in [3.63, 3.8) is 0 Å². The van der Waals surface area contributed by atoms with Crippen molar-refractivity contribution in [2.75, 3.05) is 19.6 Å². The quantitative estimate of drug-likeness (QED) is 0.119. The Morgan fingerprint density at radius 1 is 0.310 bits per heavy atom. The fourth-order valence-corrected chi connectivity index (χ4v) is 15.6. The minimum absolute atomic E-state index is 0.209. The van der Waals surface area contributed by atoms with Gasteiger partial charge in [0.15, 0.2) is 0 Å². The van der Waals surface area contributed by atoms with Crippen molar-refractivity contribution in [1.82, 2.24) is 4.57 Å². The van der Waals surface area contributed by atoms with Crippen molar-refractivity contribution in [3.8, 4) is 27.9 Å². The average molecular weight is 1370 g/mol. The van der Waals surface area contributed by atoms with Crippen LogP contribution >= 0.6 is 23.5 Å². The van der Waals surface area contributed by atoms with Gasteiger partial charge in [-0.25, -0.2) is 0 Å². The number of nitrogens with zero attached hydrogens (tertiary/aromatic N) is 5. The van der Waals surface area contributed by atoms with Crippen LogP contribution in [0.1, 0.15) is 81.0 Å². The van der Waals surface area contributed by atoms with Gasteiger partial charge in [-0.05, 0) is 172 Å². The van der Waals surface area contributed by atoms with Crippen LogP contribution in [0.15, 0.2) is 370 Å². The molecule has 5 nitrogen and oxygen atoms in total. The van der Waals surface area contributed by atoms with Crippen LogP contribution in [-0.2, 0) is 0 Å². The molecule has 0 aliphatic carbocycles. The molecule has 9 heteroatoms. The first-order valence-corrected chi connectivity index (χ1v) is 31.5. The van der Waals surface area contributed by atoms with Crippen molar-refractivity contribution >= 4 is 160 Å². The molecular weight excluding hydrogens is 1250 g/mol. The summed E-state index contributed by atoms with van der Waals surface area (Å²) in [6.45, 7) is -3.90. The van der Waals surface area contributed by atoms with E-state index in [9.17, 15) is 60.3 Å². The number of hydrogen-bond donors (Lipinski definition) is 0.